The average Bonchev–Trinajstić information content (AvgIpc) is 2.84. The largest absolute Gasteiger partial charge is 0.352 e. The summed E-state index contributed by atoms with van der Waals surface area (Å²) in [6, 6.07) is 8.70. The van der Waals surface area contributed by atoms with E-state index in [0.29, 0.717) is 17.7 Å². The number of hydrogen-bond acceptors (Lipinski definition) is 4. The van der Waals surface area contributed by atoms with Crippen molar-refractivity contribution < 1.29 is 4.79 Å². The lowest BCUT2D eigenvalue weighted by molar-refractivity contribution is 0.0954. The summed E-state index contributed by atoms with van der Waals surface area (Å²) >= 11 is 1.64. The molecule has 0 saturated carbocycles. The summed E-state index contributed by atoms with van der Waals surface area (Å²) in [7, 11) is 0. The number of hydrogen-bond donors (Lipinski definition) is 1. The quantitative estimate of drug-likeness (QED) is 0.927. The fourth-order valence-corrected chi connectivity index (χ4v) is 2.45. The lowest BCUT2D eigenvalue weighted by Crippen LogP contribution is -2.25. The molecule has 1 aromatic heterocycles. The molecule has 0 saturated heterocycles. The van der Waals surface area contributed by atoms with Crippen LogP contribution >= 0.6 is 11.3 Å². The van der Waals surface area contributed by atoms with Crippen LogP contribution in [0.1, 0.15) is 25.8 Å². The highest BCUT2D eigenvalue weighted by atomic mass is 32.1. The van der Waals surface area contributed by atoms with E-state index >= 15 is 0 Å². The average molecular weight is 271 g/mol. The van der Waals surface area contributed by atoms with Crippen molar-refractivity contribution in [1.82, 2.24) is 10.3 Å². The molecule has 4 nitrogen and oxygen atoms in total. The van der Waals surface area contributed by atoms with Crippen LogP contribution in [-0.2, 0) is 6.42 Å². The summed E-state index contributed by atoms with van der Waals surface area (Å²) in [5, 5.41) is 12.7. The molecule has 96 valence electrons. The Morgan fingerprint density at radius 3 is 3.05 bits per heavy atom. The van der Waals surface area contributed by atoms with Gasteiger partial charge in [-0.2, -0.15) is 5.26 Å². The zero-order valence-corrected chi connectivity index (χ0v) is 11.3. The second kappa shape index (κ2) is 6.12. The van der Waals surface area contributed by atoms with E-state index in [1.54, 1.807) is 35.6 Å². The number of nitrogens with one attached hydrogen (secondary N) is 1. The molecular formula is C14H13N3OS. The first-order valence-corrected chi connectivity index (χ1v) is 6.70. The maximum Gasteiger partial charge on any atom is 0.251 e. The first kappa shape index (κ1) is 13.2. The van der Waals surface area contributed by atoms with Gasteiger partial charge in [0, 0.05) is 29.6 Å². The smallest absolute Gasteiger partial charge is 0.251 e. The minimum absolute atomic E-state index is 0.154. The van der Waals surface area contributed by atoms with Crippen LogP contribution in [0.3, 0.4) is 0 Å². The molecule has 1 amide bonds. The molecule has 0 aliphatic heterocycles. The summed E-state index contributed by atoms with van der Waals surface area (Å²) in [5.74, 6) is -0.154. The molecule has 0 radical (unpaired) electrons. The molecular weight excluding hydrogens is 258 g/mol. The van der Waals surface area contributed by atoms with Crippen molar-refractivity contribution in [2.75, 3.05) is 6.54 Å². The maximum absolute atomic E-state index is 11.9. The van der Waals surface area contributed by atoms with Crippen LogP contribution in [0.5, 0.6) is 0 Å². The van der Waals surface area contributed by atoms with Gasteiger partial charge in [0.2, 0.25) is 0 Å². The third-order valence-corrected chi connectivity index (χ3v) is 3.55. The van der Waals surface area contributed by atoms with E-state index in [1.165, 1.54) is 0 Å². The van der Waals surface area contributed by atoms with Crippen molar-refractivity contribution in [3.8, 4) is 6.07 Å². The number of nitrogens with zero attached hydrogens (tertiary/aromatic N) is 2. The van der Waals surface area contributed by atoms with Crippen molar-refractivity contribution in [2.45, 2.75) is 13.3 Å². The van der Waals surface area contributed by atoms with Crippen LogP contribution in [0.25, 0.3) is 0 Å². The molecule has 19 heavy (non-hydrogen) atoms. The third kappa shape index (κ3) is 3.63. The van der Waals surface area contributed by atoms with Gasteiger partial charge in [0.05, 0.1) is 16.6 Å². The fraction of sp³-hybridized carbons (Fsp3) is 0.214. The van der Waals surface area contributed by atoms with Gasteiger partial charge in [-0.3, -0.25) is 4.79 Å². The van der Waals surface area contributed by atoms with Gasteiger partial charge in [0.25, 0.3) is 5.91 Å². The van der Waals surface area contributed by atoms with E-state index in [4.69, 9.17) is 5.26 Å². The SMILES string of the molecule is Cc1ncc(CCNC(=O)c2cccc(C#N)c2)s1. The van der Waals surface area contributed by atoms with Crippen LogP contribution < -0.4 is 5.32 Å². The van der Waals surface area contributed by atoms with Gasteiger partial charge in [0.1, 0.15) is 0 Å². The molecule has 5 heteroatoms. The minimum Gasteiger partial charge on any atom is -0.352 e. The summed E-state index contributed by atoms with van der Waals surface area (Å²) in [6.45, 7) is 2.53. The fourth-order valence-electron chi connectivity index (χ4n) is 1.65. The Labute approximate surface area is 115 Å². The van der Waals surface area contributed by atoms with E-state index in [2.05, 4.69) is 10.3 Å². The molecule has 2 rings (SSSR count). The van der Waals surface area contributed by atoms with Crippen LogP contribution in [-0.4, -0.2) is 17.4 Å². The minimum atomic E-state index is -0.154. The summed E-state index contributed by atoms with van der Waals surface area (Å²) in [4.78, 5) is 17.2. The molecule has 0 fully saturated rings. The number of rotatable bonds is 4. The molecule has 0 bridgehead atoms. The predicted molar refractivity (Wildman–Crippen MR) is 74.0 cm³/mol. The molecule has 1 heterocycles. The van der Waals surface area contributed by atoms with E-state index < -0.39 is 0 Å². The van der Waals surface area contributed by atoms with Gasteiger partial charge in [-0.05, 0) is 25.1 Å². The molecule has 0 spiro atoms. The third-order valence-electron chi connectivity index (χ3n) is 2.58. The van der Waals surface area contributed by atoms with Crippen molar-refractivity contribution >= 4 is 17.2 Å². The number of carbonyl (C=O) groups is 1. The molecule has 0 aliphatic carbocycles. The monoisotopic (exact) mass is 271 g/mol. The van der Waals surface area contributed by atoms with Gasteiger partial charge in [-0.1, -0.05) is 6.07 Å². The number of aryl methyl sites for hydroxylation is 1. The topological polar surface area (TPSA) is 65.8 Å². The van der Waals surface area contributed by atoms with E-state index in [-0.39, 0.29) is 5.91 Å². The Morgan fingerprint density at radius 1 is 1.53 bits per heavy atom. The number of nitriles is 1. The number of benzene rings is 1. The number of carbonyl (C=O) groups excluding carboxylic acids is 1. The number of amides is 1. The maximum atomic E-state index is 11.9. The van der Waals surface area contributed by atoms with Crippen molar-refractivity contribution in [1.29, 1.82) is 5.26 Å². The van der Waals surface area contributed by atoms with Crippen molar-refractivity contribution in [3.63, 3.8) is 0 Å². The van der Waals surface area contributed by atoms with Gasteiger partial charge in [-0.15, -0.1) is 11.3 Å². The Morgan fingerprint density at radius 2 is 2.37 bits per heavy atom. The first-order chi connectivity index (χ1) is 9.19. The standard InChI is InChI=1S/C14H13N3OS/c1-10-17-9-13(19-10)5-6-16-14(18)12-4-2-3-11(7-12)8-15/h2-4,7,9H,5-6H2,1H3,(H,16,18). The van der Waals surface area contributed by atoms with Crippen LogP contribution in [0.2, 0.25) is 0 Å². The lowest BCUT2D eigenvalue weighted by atomic mass is 10.1. The van der Waals surface area contributed by atoms with Crippen LogP contribution in [0.15, 0.2) is 30.5 Å². The molecule has 0 atom stereocenters. The molecule has 0 aliphatic rings. The first-order valence-electron chi connectivity index (χ1n) is 5.88. The van der Waals surface area contributed by atoms with E-state index in [0.717, 1.165) is 16.3 Å². The molecule has 1 aromatic carbocycles. The van der Waals surface area contributed by atoms with Gasteiger partial charge in [-0.25, -0.2) is 4.98 Å². The second-order valence-corrected chi connectivity index (χ2v) is 5.36. The van der Waals surface area contributed by atoms with Crippen molar-refractivity contribution in [3.05, 3.63) is 51.5 Å². The normalized spacial score (nSPS) is 9.89. The van der Waals surface area contributed by atoms with Crippen LogP contribution in [0, 0.1) is 18.3 Å². The second-order valence-electron chi connectivity index (χ2n) is 4.04. The predicted octanol–water partition coefficient (Wildman–Crippen LogP) is 2.30. The lowest BCUT2D eigenvalue weighted by Gasteiger charge is -2.04. The Kier molecular flexibility index (Phi) is 4.26. The highest BCUT2D eigenvalue weighted by molar-refractivity contribution is 7.11. The highest BCUT2D eigenvalue weighted by Gasteiger charge is 2.06. The molecule has 1 N–H and O–H groups in total. The van der Waals surface area contributed by atoms with Gasteiger partial charge >= 0.3 is 0 Å². The number of aromatic nitrogens is 1. The zero-order valence-electron chi connectivity index (χ0n) is 10.5. The summed E-state index contributed by atoms with van der Waals surface area (Å²) in [5.41, 5.74) is 1.00. The zero-order chi connectivity index (χ0) is 13.7. The molecule has 0 unspecified atom stereocenters. The van der Waals surface area contributed by atoms with Gasteiger partial charge in [0.15, 0.2) is 0 Å². The Balaban J connectivity index is 1.89. The number of thiazole rings is 1. The van der Waals surface area contributed by atoms with E-state index in [9.17, 15) is 4.79 Å². The highest BCUT2D eigenvalue weighted by Crippen LogP contribution is 2.11. The summed E-state index contributed by atoms with van der Waals surface area (Å²) < 4.78 is 0. The molecule has 2 aromatic rings. The van der Waals surface area contributed by atoms with Gasteiger partial charge < -0.3 is 5.32 Å². The Bertz CT molecular complexity index is 628. The van der Waals surface area contributed by atoms with Crippen molar-refractivity contribution in [2.24, 2.45) is 0 Å². The Hall–Kier alpha value is -2.19. The summed E-state index contributed by atoms with van der Waals surface area (Å²) in [6.07, 6.45) is 2.61. The van der Waals surface area contributed by atoms with Crippen LogP contribution in [0.4, 0.5) is 0 Å². The van der Waals surface area contributed by atoms with E-state index in [1.807, 2.05) is 19.2 Å².